The van der Waals surface area contributed by atoms with Crippen molar-refractivity contribution in [2.45, 2.75) is 57.9 Å². The van der Waals surface area contributed by atoms with Gasteiger partial charge in [-0.15, -0.1) is 0 Å². The normalized spacial score (nSPS) is 14.5. The molecule has 1 aromatic carbocycles. The highest BCUT2D eigenvalue weighted by Gasteiger charge is 2.30. The van der Waals surface area contributed by atoms with Gasteiger partial charge in [0.2, 0.25) is 0 Å². The van der Waals surface area contributed by atoms with E-state index in [0.717, 1.165) is 5.75 Å². The molecule has 0 aliphatic rings. The van der Waals surface area contributed by atoms with Crippen molar-refractivity contribution < 1.29 is 14.6 Å². The third-order valence-corrected chi connectivity index (χ3v) is 3.81. The van der Waals surface area contributed by atoms with E-state index in [1.165, 1.54) is 5.56 Å². The van der Waals surface area contributed by atoms with Gasteiger partial charge in [0, 0.05) is 0 Å². The first-order valence-electron chi connectivity index (χ1n) is 7.44. The summed E-state index contributed by atoms with van der Waals surface area (Å²) in [5.41, 5.74) is 6.08. The van der Waals surface area contributed by atoms with Gasteiger partial charge in [0.05, 0.1) is 6.61 Å². The van der Waals surface area contributed by atoms with Crippen LogP contribution in [0, 0.1) is 0 Å². The third-order valence-electron chi connectivity index (χ3n) is 3.81. The lowest BCUT2D eigenvalue weighted by molar-refractivity contribution is -0.143. The van der Waals surface area contributed by atoms with Gasteiger partial charge in [0.15, 0.2) is 0 Å². The van der Waals surface area contributed by atoms with Gasteiger partial charge in [-0.2, -0.15) is 0 Å². The van der Waals surface area contributed by atoms with Gasteiger partial charge in [-0.1, -0.05) is 39.8 Å². The number of carboxylic acid groups (broad SMARTS) is 1. The van der Waals surface area contributed by atoms with Gasteiger partial charge >= 0.3 is 5.97 Å². The van der Waals surface area contributed by atoms with E-state index >= 15 is 0 Å². The summed E-state index contributed by atoms with van der Waals surface area (Å²) in [5, 5.41) is 9.09. The van der Waals surface area contributed by atoms with Gasteiger partial charge in [-0.25, -0.2) is 0 Å². The summed E-state index contributed by atoms with van der Waals surface area (Å²) in [6.45, 7) is 8.77. The molecule has 0 fully saturated rings. The lowest BCUT2D eigenvalue weighted by Crippen LogP contribution is -2.47. The molecule has 0 saturated heterocycles. The van der Waals surface area contributed by atoms with Crippen LogP contribution < -0.4 is 10.5 Å². The number of ether oxygens (including phenoxy) is 1. The number of benzene rings is 1. The summed E-state index contributed by atoms with van der Waals surface area (Å²) in [5.74, 6) is -0.142. The van der Waals surface area contributed by atoms with Gasteiger partial charge in [-0.05, 0) is 42.4 Å². The van der Waals surface area contributed by atoms with Crippen molar-refractivity contribution in [1.82, 2.24) is 0 Å². The van der Waals surface area contributed by atoms with Crippen LogP contribution in [0.1, 0.15) is 52.5 Å². The van der Waals surface area contributed by atoms with Crippen molar-refractivity contribution in [1.29, 1.82) is 0 Å². The van der Waals surface area contributed by atoms with E-state index in [1.807, 2.05) is 12.1 Å². The largest absolute Gasteiger partial charge is 0.494 e. The number of rotatable bonds is 7. The minimum absolute atomic E-state index is 0.125. The fourth-order valence-corrected chi connectivity index (χ4v) is 2.06. The molecular formula is C17H27NO3. The first-order chi connectivity index (χ1) is 9.69. The monoisotopic (exact) mass is 293 g/mol. The van der Waals surface area contributed by atoms with Gasteiger partial charge < -0.3 is 15.6 Å². The molecule has 118 valence electrons. The molecule has 0 radical (unpaired) electrons. The standard InChI is InChI=1S/C17H27NO3/c1-5-17(18,15(19)20)11-6-12-21-14-9-7-13(8-10-14)16(2,3)4/h7-10H,5-6,11-12,18H2,1-4H3,(H,19,20). The van der Waals surface area contributed by atoms with Crippen LogP contribution in [0.3, 0.4) is 0 Å². The smallest absolute Gasteiger partial charge is 0.323 e. The highest BCUT2D eigenvalue weighted by molar-refractivity contribution is 5.78. The molecule has 1 atom stereocenters. The van der Waals surface area contributed by atoms with E-state index in [9.17, 15) is 4.79 Å². The fraction of sp³-hybridized carbons (Fsp3) is 0.588. The van der Waals surface area contributed by atoms with Crippen LogP contribution in [0.25, 0.3) is 0 Å². The van der Waals surface area contributed by atoms with Crippen LogP contribution in [-0.2, 0) is 10.2 Å². The maximum absolute atomic E-state index is 11.1. The highest BCUT2D eigenvalue weighted by Crippen LogP contribution is 2.24. The minimum Gasteiger partial charge on any atom is -0.494 e. The molecule has 21 heavy (non-hydrogen) atoms. The van der Waals surface area contributed by atoms with Gasteiger partial charge in [-0.3, -0.25) is 4.79 Å². The number of carboxylic acids is 1. The maximum Gasteiger partial charge on any atom is 0.323 e. The summed E-state index contributed by atoms with van der Waals surface area (Å²) < 4.78 is 5.64. The van der Waals surface area contributed by atoms with E-state index in [0.29, 0.717) is 25.9 Å². The molecule has 1 unspecified atom stereocenters. The molecule has 0 aliphatic heterocycles. The van der Waals surface area contributed by atoms with Crippen LogP contribution in [0.4, 0.5) is 0 Å². The summed E-state index contributed by atoms with van der Waals surface area (Å²) in [4.78, 5) is 11.1. The second-order valence-electron chi connectivity index (χ2n) is 6.54. The Balaban J connectivity index is 2.45. The molecule has 0 aliphatic carbocycles. The Morgan fingerprint density at radius 3 is 2.24 bits per heavy atom. The van der Waals surface area contributed by atoms with Crippen LogP contribution in [0.2, 0.25) is 0 Å². The molecule has 0 bridgehead atoms. The molecule has 4 heteroatoms. The molecule has 0 amide bonds. The molecule has 1 aromatic rings. The van der Waals surface area contributed by atoms with Gasteiger partial charge in [0.25, 0.3) is 0 Å². The van der Waals surface area contributed by atoms with E-state index < -0.39 is 11.5 Å². The molecule has 0 heterocycles. The van der Waals surface area contributed by atoms with Crippen LogP contribution in [0.5, 0.6) is 5.75 Å². The molecule has 0 saturated carbocycles. The fourth-order valence-electron chi connectivity index (χ4n) is 2.06. The van der Waals surface area contributed by atoms with E-state index in [-0.39, 0.29) is 5.41 Å². The Morgan fingerprint density at radius 2 is 1.81 bits per heavy atom. The highest BCUT2D eigenvalue weighted by atomic mass is 16.5. The van der Waals surface area contributed by atoms with Crippen molar-refractivity contribution in [3.8, 4) is 5.75 Å². The second-order valence-corrected chi connectivity index (χ2v) is 6.54. The first kappa shape index (κ1) is 17.5. The van der Waals surface area contributed by atoms with Crippen LogP contribution in [0.15, 0.2) is 24.3 Å². The Hall–Kier alpha value is -1.55. The maximum atomic E-state index is 11.1. The molecule has 4 nitrogen and oxygen atoms in total. The number of nitrogens with two attached hydrogens (primary N) is 1. The quantitative estimate of drug-likeness (QED) is 0.756. The lowest BCUT2D eigenvalue weighted by atomic mass is 9.87. The topological polar surface area (TPSA) is 72.5 Å². The number of hydrogen-bond donors (Lipinski definition) is 2. The average molecular weight is 293 g/mol. The van der Waals surface area contributed by atoms with E-state index in [2.05, 4.69) is 32.9 Å². The number of hydrogen-bond acceptors (Lipinski definition) is 3. The summed E-state index contributed by atoms with van der Waals surface area (Å²) in [7, 11) is 0. The van der Waals surface area contributed by atoms with Crippen molar-refractivity contribution in [2.75, 3.05) is 6.61 Å². The first-order valence-corrected chi connectivity index (χ1v) is 7.44. The lowest BCUT2D eigenvalue weighted by Gasteiger charge is -2.22. The van der Waals surface area contributed by atoms with Crippen molar-refractivity contribution >= 4 is 5.97 Å². The Bertz CT molecular complexity index is 462. The Morgan fingerprint density at radius 1 is 1.24 bits per heavy atom. The SMILES string of the molecule is CCC(N)(CCCOc1ccc(C(C)(C)C)cc1)C(=O)O. The zero-order valence-electron chi connectivity index (χ0n) is 13.5. The molecule has 0 aromatic heterocycles. The van der Waals surface area contributed by atoms with Crippen LogP contribution in [-0.4, -0.2) is 23.2 Å². The number of aliphatic carboxylic acids is 1. The van der Waals surface area contributed by atoms with Crippen molar-refractivity contribution in [3.63, 3.8) is 0 Å². The minimum atomic E-state index is -1.14. The summed E-state index contributed by atoms with van der Waals surface area (Å²) in [6, 6.07) is 8.03. The summed E-state index contributed by atoms with van der Waals surface area (Å²) >= 11 is 0. The Kier molecular flexibility index (Phi) is 5.78. The molecule has 0 spiro atoms. The van der Waals surface area contributed by atoms with E-state index in [1.54, 1.807) is 6.92 Å². The zero-order valence-corrected chi connectivity index (χ0v) is 13.5. The molecular weight excluding hydrogens is 266 g/mol. The molecule has 3 N–H and O–H groups in total. The predicted molar refractivity (Wildman–Crippen MR) is 84.7 cm³/mol. The average Bonchev–Trinajstić information content (AvgIpc) is 2.42. The molecule has 1 rings (SSSR count). The van der Waals surface area contributed by atoms with Crippen LogP contribution >= 0.6 is 0 Å². The summed E-state index contributed by atoms with van der Waals surface area (Å²) in [6.07, 6.45) is 1.46. The van der Waals surface area contributed by atoms with Gasteiger partial charge in [0.1, 0.15) is 11.3 Å². The Labute approximate surface area is 127 Å². The number of carbonyl (C=O) groups is 1. The zero-order chi connectivity index (χ0) is 16.1. The second kappa shape index (κ2) is 6.94. The predicted octanol–water partition coefficient (Wildman–Crippen LogP) is 3.34. The van der Waals surface area contributed by atoms with E-state index in [4.69, 9.17) is 15.6 Å². The third kappa shape index (κ3) is 5.05. The van der Waals surface area contributed by atoms with Crippen molar-refractivity contribution in [3.05, 3.63) is 29.8 Å². The van der Waals surface area contributed by atoms with Crippen molar-refractivity contribution in [2.24, 2.45) is 5.73 Å².